The molecule has 0 N–H and O–H groups in total. The average Bonchev–Trinajstić information content (AvgIpc) is 2.74. The summed E-state index contributed by atoms with van der Waals surface area (Å²) < 4.78 is 5.49. The summed E-state index contributed by atoms with van der Waals surface area (Å²) in [6, 6.07) is 0.748. The summed E-state index contributed by atoms with van der Waals surface area (Å²) in [7, 11) is 1.86. The largest absolute Gasteiger partial charge is 0.380 e. The third-order valence-corrected chi connectivity index (χ3v) is 3.33. The Kier molecular flexibility index (Phi) is 2.66. The van der Waals surface area contributed by atoms with Gasteiger partial charge in [0.1, 0.15) is 0 Å². The van der Waals surface area contributed by atoms with Crippen molar-refractivity contribution in [2.24, 2.45) is 0 Å². The van der Waals surface area contributed by atoms with E-state index in [1.165, 1.54) is 45.2 Å². The molecule has 0 spiro atoms. The van der Waals surface area contributed by atoms with E-state index in [1.807, 2.05) is 7.11 Å². The molecule has 1 saturated heterocycles. The number of ether oxygens (including phenoxy) is 1. The highest BCUT2D eigenvalue weighted by Gasteiger charge is 2.32. The molecule has 2 rings (SSSR count). The normalized spacial score (nSPS) is 37.8. The predicted molar refractivity (Wildman–Crippen MR) is 49.2 cm³/mol. The third kappa shape index (κ3) is 1.50. The molecular formula is C10H19NO. The van der Waals surface area contributed by atoms with E-state index in [4.69, 9.17) is 4.74 Å². The Morgan fingerprint density at radius 3 is 2.50 bits per heavy atom. The van der Waals surface area contributed by atoms with Gasteiger partial charge in [-0.05, 0) is 45.2 Å². The fourth-order valence-electron chi connectivity index (χ4n) is 2.67. The topological polar surface area (TPSA) is 12.5 Å². The first-order chi connectivity index (χ1) is 5.92. The van der Waals surface area contributed by atoms with Gasteiger partial charge < -0.3 is 4.74 Å². The van der Waals surface area contributed by atoms with E-state index in [0.29, 0.717) is 6.10 Å². The van der Waals surface area contributed by atoms with Crippen molar-refractivity contribution in [2.75, 3.05) is 20.2 Å². The van der Waals surface area contributed by atoms with E-state index >= 15 is 0 Å². The number of nitrogens with zero attached hydrogens (tertiary/aromatic N) is 1. The Morgan fingerprint density at radius 1 is 1.08 bits per heavy atom. The SMILES string of the molecule is COC1CCCC1N1CCCC1. The molecule has 0 aromatic rings. The summed E-state index contributed by atoms with van der Waals surface area (Å²) in [5.74, 6) is 0. The maximum Gasteiger partial charge on any atom is 0.0726 e. The van der Waals surface area contributed by atoms with E-state index in [9.17, 15) is 0 Å². The smallest absolute Gasteiger partial charge is 0.0726 e. The van der Waals surface area contributed by atoms with Crippen molar-refractivity contribution in [1.29, 1.82) is 0 Å². The standard InChI is InChI=1S/C10H19NO/c1-12-10-6-4-5-9(10)11-7-2-3-8-11/h9-10H,2-8H2,1H3. The third-order valence-electron chi connectivity index (χ3n) is 3.33. The van der Waals surface area contributed by atoms with Crippen LogP contribution < -0.4 is 0 Å². The minimum Gasteiger partial charge on any atom is -0.380 e. The lowest BCUT2D eigenvalue weighted by Gasteiger charge is -2.27. The average molecular weight is 169 g/mol. The minimum atomic E-state index is 0.531. The van der Waals surface area contributed by atoms with Crippen molar-refractivity contribution in [3.63, 3.8) is 0 Å². The zero-order chi connectivity index (χ0) is 8.39. The van der Waals surface area contributed by atoms with Gasteiger partial charge in [0.05, 0.1) is 6.10 Å². The molecule has 70 valence electrons. The highest BCUT2D eigenvalue weighted by atomic mass is 16.5. The van der Waals surface area contributed by atoms with Gasteiger partial charge in [0.25, 0.3) is 0 Å². The lowest BCUT2D eigenvalue weighted by Crippen LogP contribution is -2.39. The van der Waals surface area contributed by atoms with Gasteiger partial charge in [0.2, 0.25) is 0 Å². The van der Waals surface area contributed by atoms with Crippen LogP contribution in [0.4, 0.5) is 0 Å². The lowest BCUT2D eigenvalue weighted by molar-refractivity contribution is 0.0423. The zero-order valence-electron chi connectivity index (χ0n) is 7.96. The van der Waals surface area contributed by atoms with Crippen LogP contribution in [0.1, 0.15) is 32.1 Å². The van der Waals surface area contributed by atoms with Gasteiger partial charge in [-0.25, -0.2) is 0 Å². The molecule has 0 bridgehead atoms. The maximum absolute atomic E-state index is 5.49. The second kappa shape index (κ2) is 3.75. The Bertz CT molecular complexity index is 143. The number of hydrogen-bond acceptors (Lipinski definition) is 2. The van der Waals surface area contributed by atoms with Crippen molar-refractivity contribution in [1.82, 2.24) is 4.90 Å². The maximum atomic E-state index is 5.49. The predicted octanol–water partition coefficient (Wildman–Crippen LogP) is 1.65. The first-order valence-corrected chi connectivity index (χ1v) is 5.18. The van der Waals surface area contributed by atoms with Gasteiger partial charge in [-0.2, -0.15) is 0 Å². The van der Waals surface area contributed by atoms with Gasteiger partial charge >= 0.3 is 0 Å². The Balaban J connectivity index is 1.92. The van der Waals surface area contributed by atoms with Gasteiger partial charge in [-0.1, -0.05) is 0 Å². The van der Waals surface area contributed by atoms with Crippen molar-refractivity contribution in [3.8, 4) is 0 Å². The number of hydrogen-bond donors (Lipinski definition) is 0. The highest BCUT2D eigenvalue weighted by Crippen LogP contribution is 2.28. The van der Waals surface area contributed by atoms with Crippen molar-refractivity contribution < 1.29 is 4.74 Å². The van der Waals surface area contributed by atoms with Crippen LogP contribution in [0.15, 0.2) is 0 Å². The molecule has 0 amide bonds. The number of likely N-dealkylation sites (tertiary alicyclic amines) is 1. The summed E-state index contributed by atoms with van der Waals surface area (Å²) in [6.07, 6.45) is 7.32. The van der Waals surface area contributed by atoms with Crippen molar-refractivity contribution in [3.05, 3.63) is 0 Å². The van der Waals surface area contributed by atoms with Gasteiger partial charge in [0, 0.05) is 13.2 Å². The molecule has 0 radical (unpaired) electrons. The first kappa shape index (κ1) is 8.52. The van der Waals surface area contributed by atoms with Gasteiger partial charge in [0.15, 0.2) is 0 Å². The molecule has 12 heavy (non-hydrogen) atoms. The second-order valence-corrected chi connectivity index (χ2v) is 4.02. The molecule has 2 aliphatic rings. The fourth-order valence-corrected chi connectivity index (χ4v) is 2.67. The second-order valence-electron chi connectivity index (χ2n) is 4.02. The summed E-state index contributed by atoms with van der Waals surface area (Å²) in [5, 5.41) is 0. The van der Waals surface area contributed by atoms with Crippen LogP contribution in [-0.4, -0.2) is 37.2 Å². The summed E-state index contributed by atoms with van der Waals surface area (Å²) >= 11 is 0. The summed E-state index contributed by atoms with van der Waals surface area (Å²) in [5.41, 5.74) is 0. The molecule has 1 saturated carbocycles. The van der Waals surface area contributed by atoms with Crippen LogP contribution in [0, 0.1) is 0 Å². The van der Waals surface area contributed by atoms with Crippen LogP contribution in [0.5, 0.6) is 0 Å². The van der Waals surface area contributed by atoms with Crippen molar-refractivity contribution in [2.45, 2.75) is 44.2 Å². The Hall–Kier alpha value is -0.0800. The Morgan fingerprint density at radius 2 is 1.83 bits per heavy atom. The quantitative estimate of drug-likeness (QED) is 0.623. The van der Waals surface area contributed by atoms with Crippen molar-refractivity contribution >= 4 is 0 Å². The molecule has 2 fully saturated rings. The number of methoxy groups -OCH3 is 1. The highest BCUT2D eigenvalue weighted by molar-refractivity contribution is 4.87. The minimum absolute atomic E-state index is 0.531. The van der Waals surface area contributed by atoms with Crippen LogP contribution in [-0.2, 0) is 4.74 Å². The molecule has 2 nitrogen and oxygen atoms in total. The van der Waals surface area contributed by atoms with E-state index in [-0.39, 0.29) is 0 Å². The first-order valence-electron chi connectivity index (χ1n) is 5.18. The van der Waals surface area contributed by atoms with E-state index in [1.54, 1.807) is 0 Å². The van der Waals surface area contributed by atoms with Gasteiger partial charge in [-0.3, -0.25) is 4.90 Å². The molecule has 0 aromatic heterocycles. The van der Waals surface area contributed by atoms with Crippen LogP contribution >= 0.6 is 0 Å². The van der Waals surface area contributed by atoms with Crippen LogP contribution in [0.25, 0.3) is 0 Å². The van der Waals surface area contributed by atoms with E-state index in [2.05, 4.69) is 4.90 Å². The van der Waals surface area contributed by atoms with Gasteiger partial charge in [-0.15, -0.1) is 0 Å². The molecule has 2 atom stereocenters. The zero-order valence-corrected chi connectivity index (χ0v) is 7.96. The van der Waals surface area contributed by atoms with Crippen LogP contribution in [0.2, 0.25) is 0 Å². The molecule has 0 aromatic carbocycles. The van der Waals surface area contributed by atoms with E-state index in [0.717, 1.165) is 6.04 Å². The summed E-state index contributed by atoms with van der Waals surface area (Å²) in [6.45, 7) is 2.62. The molecular weight excluding hydrogens is 150 g/mol. The monoisotopic (exact) mass is 169 g/mol. The number of rotatable bonds is 2. The molecule has 2 unspecified atom stereocenters. The molecule has 1 aliphatic carbocycles. The lowest BCUT2D eigenvalue weighted by atomic mass is 10.2. The Labute approximate surface area is 74.9 Å². The summed E-state index contributed by atoms with van der Waals surface area (Å²) in [4.78, 5) is 2.63. The molecule has 1 heterocycles. The fraction of sp³-hybridized carbons (Fsp3) is 1.00. The molecule has 2 heteroatoms. The molecule has 1 aliphatic heterocycles. The van der Waals surface area contributed by atoms with E-state index < -0.39 is 0 Å². The van der Waals surface area contributed by atoms with Crippen LogP contribution in [0.3, 0.4) is 0 Å².